The van der Waals surface area contributed by atoms with E-state index in [-0.39, 0.29) is 11.6 Å². The molecule has 1 saturated heterocycles. The molecular weight excluding hydrogens is 447 g/mol. The number of halogens is 1. The number of alkyl halides is 1. The summed E-state index contributed by atoms with van der Waals surface area (Å²) >= 11 is 0. The van der Waals surface area contributed by atoms with Crippen LogP contribution in [0.1, 0.15) is 27.4 Å². The second-order valence-electron chi connectivity index (χ2n) is 8.97. The second kappa shape index (κ2) is 8.33. The van der Waals surface area contributed by atoms with Crippen LogP contribution >= 0.6 is 0 Å². The van der Waals surface area contributed by atoms with Crippen LogP contribution in [0.2, 0.25) is 0 Å². The number of aryl methyl sites for hydroxylation is 1. The first-order valence-corrected chi connectivity index (χ1v) is 11.5. The standard InChI is InChI=1S/C25H25FN8O/c1-14-30-19-5-4-17(10-21(19)31-14)34-25(27)18(11-29-34)24(35)22-9-16-3-2-15(8-20(16)32-22)12-33-7-6-28-23(26)13-33/h2-5,8-11,23,28,32H,6-7,12-13,27H2,1H3,(H,30,31). The third kappa shape index (κ3) is 3.96. The maximum absolute atomic E-state index is 13.6. The Morgan fingerprint density at radius 1 is 1.17 bits per heavy atom. The minimum atomic E-state index is -1.00. The summed E-state index contributed by atoms with van der Waals surface area (Å²) in [6, 6.07) is 13.5. The number of imidazole rings is 1. The summed E-state index contributed by atoms with van der Waals surface area (Å²) in [6.07, 6.45) is 0.494. The number of aromatic nitrogens is 5. The number of hydrogen-bond acceptors (Lipinski definition) is 6. The third-order valence-corrected chi connectivity index (χ3v) is 6.43. The molecule has 5 N–H and O–H groups in total. The van der Waals surface area contributed by atoms with Crippen molar-refractivity contribution >= 4 is 33.5 Å². The first-order valence-electron chi connectivity index (χ1n) is 11.5. The highest BCUT2D eigenvalue weighted by Crippen LogP contribution is 2.25. The fourth-order valence-corrected chi connectivity index (χ4v) is 4.70. The zero-order valence-electron chi connectivity index (χ0n) is 19.2. The molecule has 0 bridgehead atoms. The molecule has 0 radical (unpaired) electrons. The molecule has 35 heavy (non-hydrogen) atoms. The van der Waals surface area contributed by atoms with E-state index in [2.05, 4.69) is 30.3 Å². The van der Waals surface area contributed by atoms with Crippen molar-refractivity contribution < 1.29 is 9.18 Å². The SMILES string of the molecule is Cc1nc2ccc(-n3ncc(C(=O)c4cc5ccc(CN6CCNC(F)C6)cc5[nH]4)c3N)cc2[nH]1. The van der Waals surface area contributed by atoms with Crippen molar-refractivity contribution in [1.29, 1.82) is 0 Å². The van der Waals surface area contributed by atoms with Crippen molar-refractivity contribution in [3.8, 4) is 5.69 Å². The van der Waals surface area contributed by atoms with Gasteiger partial charge in [0.05, 0.1) is 34.2 Å². The number of H-pyrrole nitrogens is 2. The Balaban J connectivity index is 1.26. The Hall–Kier alpha value is -4.02. The lowest BCUT2D eigenvalue weighted by Crippen LogP contribution is -2.48. The van der Waals surface area contributed by atoms with Crippen molar-refractivity contribution in [2.75, 3.05) is 25.4 Å². The number of fused-ring (bicyclic) bond motifs is 2. The third-order valence-electron chi connectivity index (χ3n) is 6.43. The average molecular weight is 473 g/mol. The minimum absolute atomic E-state index is 0.229. The fraction of sp³-hybridized carbons (Fsp3) is 0.240. The number of nitrogens with zero attached hydrogens (tertiary/aromatic N) is 4. The number of ketones is 1. The number of nitrogen functional groups attached to an aromatic ring is 1. The van der Waals surface area contributed by atoms with E-state index in [0.29, 0.717) is 30.9 Å². The first kappa shape index (κ1) is 21.5. The molecule has 4 heterocycles. The van der Waals surface area contributed by atoms with Gasteiger partial charge in [0.1, 0.15) is 11.6 Å². The minimum Gasteiger partial charge on any atom is -0.383 e. The lowest BCUT2D eigenvalue weighted by atomic mass is 10.1. The van der Waals surface area contributed by atoms with Crippen molar-refractivity contribution in [2.24, 2.45) is 0 Å². The molecule has 0 amide bonds. The summed E-state index contributed by atoms with van der Waals surface area (Å²) in [4.78, 5) is 26.2. The Morgan fingerprint density at radius 2 is 2.06 bits per heavy atom. The maximum Gasteiger partial charge on any atom is 0.214 e. The smallest absolute Gasteiger partial charge is 0.214 e. The predicted molar refractivity (Wildman–Crippen MR) is 132 cm³/mol. The normalized spacial score (nSPS) is 16.9. The predicted octanol–water partition coefficient (Wildman–Crippen LogP) is 3.05. The molecular formula is C25H25FN8O. The summed E-state index contributed by atoms with van der Waals surface area (Å²) in [5.74, 6) is 0.861. The van der Waals surface area contributed by atoms with Gasteiger partial charge in [0, 0.05) is 37.1 Å². The highest BCUT2D eigenvalue weighted by Gasteiger charge is 2.21. The summed E-state index contributed by atoms with van der Waals surface area (Å²) in [5, 5.41) is 8.10. The monoisotopic (exact) mass is 472 g/mol. The molecule has 1 atom stereocenters. The fourth-order valence-electron chi connectivity index (χ4n) is 4.70. The van der Waals surface area contributed by atoms with Gasteiger partial charge >= 0.3 is 0 Å². The molecule has 0 spiro atoms. The van der Waals surface area contributed by atoms with Crippen LogP contribution in [0.3, 0.4) is 0 Å². The number of aromatic amines is 2. The van der Waals surface area contributed by atoms with Gasteiger partial charge in [-0.1, -0.05) is 12.1 Å². The molecule has 9 nitrogen and oxygen atoms in total. The van der Waals surface area contributed by atoms with Crippen LogP contribution in [0.5, 0.6) is 0 Å². The number of carbonyl (C=O) groups excluding carboxylic acids is 1. The van der Waals surface area contributed by atoms with Crippen molar-refractivity contribution in [3.05, 3.63) is 71.3 Å². The Kier molecular flexibility index (Phi) is 5.12. The molecule has 10 heteroatoms. The highest BCUT2D eigenvalue weighted by molar-refractivity contribution is 6.12. The van der Waals surface area contributed by atoms with E-state index < -0.39 is 6.30 Å². The zero-order valence-corrected chi connectivity index (χ0v) is 19.2. The van der Waals surface area contributed by atoms with E-state index in [4.69, 9.17) is 5.73 Å². The number of nitrogens with one attached hydrogen (secondary N) is 3. The van der Waals surface area contributed by atoms with E-state index >= 15 is 0 Å². The number of hydrogen-bond donors (Lipinski definition) is 4. The summed E-state index contributed by atoms with van der Waals surface area (Å²) in [6.45, 7) is 4.34. The molecule has 178 valence electrons. The molecule has 2 aromatic carbocycles. The van der Waals surface area contributed by atoms with Gasteiger partial charge in [-0.3, -0.25) is 15.0 Å². The molecule has 5 aromatic rings. The lowest BCUT2D eigenvalue weighted by Gasteiger charge is -2.29. The van der Waals surface area contributed by atoms with Crippen molar-refractivity contribution in [1.82, 2.24) is 34.9 Å². The highest BCUT2D eigenvalue weighted by atomic mass is 19.1. The van der Waals surface area contributed by atoms with Crippen LogP contribution in [0.25, 0.3) is 27.6 Å². The quantitative estimate of drug-likeness (QED) is 0.231. The number of carbonyl (C=O) groups is 1. The van der Waals surface area contributed by atoms with Gasteiger partial charge in [0.15, 0.2) is 6.30 Å². The second-order valence-corrected chi connectivity index (χ2v) is 8.97. The molecule has 1 aliphatic rings. The number of piperazine rings is 1. The van der Waals surface area contributed by atoms with Gasteiger partial charge in [-0.05, 0) is 42.8 Å². The van der Waals surface area contributed by atoms with E-state index in [9.17, 15) is 9.18 Å². The van der Waals surface area contributed by atoms with Crippen molar-refractivity contribution in [3.63, 3.8) is 0 Å². The van der Waals surface area contributed by atoms with Crippen LogP contribution in [-0.4, -0.2) is 61.3 Å². The van der Waals surface area contributed by atoms with Crippen LogP contribution in [0, 0.1) is 6.92 Å². The van der Waals surface area contributed by atoms with Gasteiger partial charge in [-0.25, -0.2) is 14.1 Å². The number of benzene rings is 2. The Bertz CT molecular complexity index is 1560. The van der Waals surface area contributed by atoms with Crippen LogP contribution in [0.15, 0.2) is 48.7 Å². The van der Waals surface area contributed by atoms with Gasteiger partial charge in [-0.15, -0.1) is 0 Å². The Labute approximate surface area is 200 Å². The summed E-state index contributed by atoms with van der Waals surface area (Å²) in [7, 11) is 0. The zero-order chi connectivity index (χ0) is 24.1. The number of anilines is 1. The first-order chi connectivity index (χ1) is 16.9. The molecule has 6 rings (SSSR count). The number of nitrogens with two attached hydrogens (primary N) is 1. The molecule has 3 aromatic heterocycles. The molecule has 0 saturated carbocycles. The van der Waals surface area contributed by atoms with E-state index in [1.807, 2.05) is 49.4 Å². The molecule has 1 fully saturated rings. The van der Waals surface area contributed by atoms with Gasteiger partial charge in [0.2, 0.25) is 5.78 Å². The summed E-state index contributed by atoms with van der Waals surface area (Å²) < 4.78 is 15.2. The van der Waals surface area contributed by atoms with Crippen LogP contribution in [0.4, 0.5) is 10.2 Å². The van der Waals surface area contributed by atoms with E-state index in [1.54, 1.807) is 4.68 Å². The Morgan fingerprint density at radius 3 is 2.91 bits per heavy atom. The number of rotatable bonds is 5. The van der Waals surface area contributed by atoms with Crippen molar-refractivity contribution in [2.45, 2.75) is 19.8 Å². The average Bonchev–Trinajstić information content (AvgIpc) is 3.53. The topological polar surface area (TPSA) is 121 Å². The molecule has 1 aliphatic heterocycles. The largest absolute Gasteiger partial charge is 0.383 e. The van der Waals surface area contributed by atoms with Gasteiger partial charge in [0.25, 0.3) is 0 Å². The van der Waals surface area contributed by atoms with Crippen LogP contribution in [-0.2, 0) is 6.54 Å². The van der Waals surface area contributed by atoms with Crippen LogP contribution < -0.4 is 11.1 Å². The van der Waals surface area contributed by atoms with E-state index in [0.717, 1.165) is 45.6 Å². The molecule has 0 aliphatic carbocycles. The van der Waals surface area contributed by atoms with Gasteiger partial charge < -0.3 is 15.7 Å². The maximum atomic E-state index is 13.6. The van der Waals surface area contributed by atoms with Gasteiger partial charge in [-0.2, -0.15) is 5.10 Å². The lowest BCUT2D eigenvalue weighted by molar-refractivity contribution is 0.103. The summed E-state index contributed by atoms with van der Waals surface area (Å²) in [5.41, 5.74) is 11.5. The molecule has 1 unspecified atom stereocenters. The van der Waals surface area contributed by atoms with E-state index in [1.165, 1.54) is 6.20 Å².